The molecule has 0 aromatic heterocycles. The molecule has 1 atom stereocenters. The number of amides is 5. The number of nitrogens with zero attached hydrogens (tertiary/aromatic N) is 2. The van der Waals surface area contributed by atoms with Crippen LogP contribution in [-0.2, 0) is 14.4 Å². The number of urea groups is 1. The Morgan fingerprint density at radius 1 is 1.11 bits per heavy atom. The third-order valence-electron chi connectivity index (χ3n) is 7.13. The largest absolute Gasteiger partial charge is 0.352 e. The first-order chi connectivity index (χ1) is 12.8. The van der Waals surface area contributed by atoms with E-state index in [2.05, 4.69) is 11.9 Å². The summed E-state index contributed by atoms with van der Waals surface area (Å²) in [5.41, 5.74) is 0.147. The van der Waals surface area contributed by atoms with E-state index in [1.165, 1.54) is 25.3 Å². The van der Waals surface area contributed by atoms with E-state index in [9.17, 15) is 19.2 Å². The van der Waals surface area contributed by atoms with Gasteiger partial charge in [-0.05, 0) is 68.6 Å². The number of carbonyl (C=O) groups is 4. The van der Waals surface area contributed by atoms with Crippen LogP contribution in [0.4, 0.5) is 4.79 Å². The lowest BCUT2D eigenvalue weighted by atomic mass is 9.48. The summed E-state index contributed by atoms with van der Waals surface area (Å²) in [4.78, 5) is 50.3. The molecule has 4 bridgehead atoms. The van der Waals surface area contributed by atoms with Crippen LogP contribution in [0.5, 0.6) is 0 Å². The lowest BCUT2D eigenvalue weighted by Gasteiger charge is -2.59. The molecule has 7 heteroatoms. The molecule has 0 aromatic carbocycles. The van der Waals surface area contributed by atoms with Crippen molar-refractivity contribution in [2.24, 2.45) is 23.2 Å². The molecule has 0 aromatic rings. The fraction of sp³-hybridized carbons (Fsp3) is 0.700. The number of rotatable bonds is 6. The Hall–Kier alpha value is -2.18. The number of nitrogens with one attached hydrogen (secondary N) is 1. The predicted octanol–water partition coefficient (Wildman–Crippen LogP) is 1.68. The molecule has 1 saturated heterocycles. The third-order valence-corrected chi connectivity index (χ3v) is 7.13. The van der Waals surface area contributed by atoms with Gasteiger partial charge in [0.05, 0.1) is 0 Å². The SMILES string of the molecule is C=CCN1C(=O)C(=O)N(CC(=O)N[C@H](C)C23CC4CC(CC(C4)C2)C3)C1=O. The first kappa shape index (κ1) is 18.2. The van der Waals surface area contributed by atoms with Crippen molar-refractivity contribution >= 4 is 23.8 Å². The van der Waals surface area contributed by atoms with Crippen LogP contribution >= 0.6 is 0 Å². The third kappa shape index (κ3) is 2.97. The zero-order valence-electron chi connectivity index (χ0n) is 15.8. The van der Waals surface area contributed by atoms with E-state index in [4.69, 9.17) is 0 Å². The van der Waals surface area contributed by atoms with Crippen LogP contribution in [0.15, 0.2) is 12.7 Å². The van der Waals surface area contributed by atoms with Crippen molar-refractivity contribution in [2.45, 2.75) is 51.5 Å². The van der Waals surface area contributed by atoms with E-state index >= 15 is 0 Å². The lowest BCUT2D eigenvalue weighted by molar-refractivity contribution is -0.144. The minimum absolute atomic E-state index is 0.00573. The summed E-state index contributed by atoms with van der Waals surface area (Å²) in [6.07, 6.45) is 8.85. The summed E-state index contributed by atoms with van der Waals surface area (Å²) in [5, 5.41) is 3.03. The molecule has 4 aliphatic carbocycles. The zero-order valence-corrected chi connectivity index (χ0v) is 15.8. The van der Waals surface area contributed by atoms with Crippen LogP contribution in [0.25, 0.3) is 0 Å². The molecule has 0 spiro atoms. The fourth-order valence-corrected chi connectivity index (χ4v) is 6.27. The normalized spacial score (nSPS) is 35.7. The van der Waals surface area contributed by atoms with Crippen LogP contribution in [0.2, 0.25) is 0 Å². The molecule has 5 aliphatic rings. The van der Waals surface area contributed by atoms with Crippen molar-refractivity contribution in [3.63, 3.8) is 0 Å². The summed E-state index contributed by atoms with van der Waals surface area (Å²) in [6.45, 7) is 5.08. The van der Waals surface area contributed by atoms with Gasteiger partial charge in [0.2, 0.25) is 5.91 Å². The molecule has 1 heterocycles. The Bertz CT molecular complexity index is 681. The molecule has 5 rings (SSSR count). The van der Waals surface area contributed by atoms with Crippen LogP contribution in [0.1, 0.15) is 45.4 Å². The highest BCUT2D eigenvalue weighted by Crippen LogP contribution is 2.61. The van der Waals surface area contributed by atoms with Gasteiger partial charge in [0.1, 0.15) is 6.54 Å². The maximum absolute atomic E-state index is 12.6. The lowest BCUT2D eigenvalue weighted by Crippen LogP contribution is -2.57. The molecule has 0 radical (unpaired) electrons. The van der Waals surface area contributed by atoms with Gasteiger partial charge in [-0.15, -0.1) is 6.58 Å². The highest BCUT2D eigenvalue weighted by molar-refractivity contribution is 6.45. The van der Waals surface area contributed by atoms with Crippen LogP contribution in [0.3, 0.4) is 0 Å². The van der Waals surface area contributed by atoms with Gasteiger partial charge in [0, 0.05) is 12.6 Å². The average molecular weight is 373 g/mol. The standard InChI is InChI=1S/C20H27N3O4/c1-3-4-22-17(25)18(26)23(19(22)27)11-16(24)21-12(2)20-8-13-5-14(9-20)7-15(6-13)10-20/h3,12-15H,1,4-11H2,2H3,(H,21,24)/t12-,13?,14?,15?,20?/m1/s1. The van der Waals surface area contributed by atoms with Crippen molar-refractivity contribution in [3.8, 4) is 0 Å². The summed E-state index contributed by atoms with van der Waals surface area (Å²) >= 11 is 0. The molecule has 4 saturated carbocycles. The van der Waals surface area contributed by atoms with E-state index in [0.717, 1.165) is 46.8 Å². The summed E-state index contributed by atoms with van der Waals surface area (Å²) in [6, 6.07) is -0.742. The smallest absolute Gasteiger partial charge is 0.335 e. The number of hydrogen-bond acceptors (Lipinski definition) is 4. The highest BCUT2D eigenvalue weighted by Gasteiger charge is 2.53. The molecule has 0 unspecified atom stereocenters. The van der Waals surface area contributed by atoms with Crippen LogP contribution < -0.4 is 5.32 Å². The quantitative estimate of drug-likeness (QED) is 0.436. The summed E-state index contributed by atoms with van der Waals surface area (Å²) in [5.74, 6) is 0.113. The number of hydrogen-bond donors (Lipinski definition) is 1. The van der Waals surface area contributed by atoms with E-state index in [-0.39, 0.29) is 23.9 Å². The Kier molecular flexibility index (Phi) is 4.35. The van der Waals surface area contributed by atoms with Crippen molar-refractivity contribution in [2.75, 3.05) is 13.1 Å². The van der Waals surface area contributed by atoms with Gasteiger partial charge in [-0.3, -0.25) is 19.3 Å². The van der Waals surface area contributed by atoms with E-state index in [1.807, 2.05) is 6.92 Å². The molecular formula is C20H27N3O4. The second kappa shape index (κ2) is 6.46. The van der Waals surface area contributed by atoms with Crippen molar-refractivity contribution in [3.05, 3.63) is 12.7 Å². The Morgan fingerprint density at radius 2 is 1.63 bits per heavy atom. The van der Waals surface area contributed by atoms with Gasteiger partial charge in [0.15, 0.2) is 0 Å². The van der Waals surface area contributed by atoms with Crippen LogP contribution in [0, 0.1) is 23.2 Å². The molecule has 5 amide bonds. The van der Waals surface area contributed by atoms with Gasteiger partial charge >= 0.3 is 17.8 Å². The second-order valence-corrected chi connectivity index (χ2v) is 8.95. The van der Waals surface area contributed by atoms with Crippen molar-refractivity contribution < 1.29 is 19.2 Å². The number of imide groups is 2. The van der Waals surface area contributed by atoms with E-state index in [0.29, 0.717) is 0 Å². The Labute approximate surface area is 159 Å². The van der Waals surface area contributed by atoms with Gasteiger partial charge in [-0.1, -0.05) is 6.08 Å². The second-order valence-electron chi connectivity index (χ2n) is 8.95. The Morgan fingerprint density at radius 3 is 2.15 bits per heavy atom. The topological polar surface area (TPSA) is 86.8 Å². The maximum atomic E-state index is 12.6. The van der Waals surface area contributed by atoms with Gasteiger partial charge < -0.3 is 5.32 Å². The summed E-state index contributed by atoms with van der Waals surface area (Å²) < 4.78 is 0. The van der Waals surface area contributed by atoms with Crippen molar-refractivity contribution in [1.82, 2.24) is 15.1 Å². The molecular weight excluding hydrogens is 346 g/mol. The maximum Gasteiger partial charge on any atom is 0.335 e. The van der Waals surface area contributed by atoms with E-state index in [1.54, 1.807) is 0 Å². The van der Waals surface area contributed by atoms with Crippen molar-refractivity contribution in [1.29, 1.82) is 0 Å². The first-order valence-corrected chi connectivity index (χ1v) is 9.90. The molecule has 7 nitrogen and oxygen atoms in total. The molecule has 1 N–H and O–H groups in total. The number of carbonyl (C=O) groups excluding carboxylic acids is 4. The van der Waals surface area contributed by atoms with Gasteiger partial charge in [0.25, 0.3) is 0 Å². The van der Waals surface area contributed by atoms with Gasteiger partial charge in [-0.25, -0.2) is 9.69 Å². The van der Waals surface area contributed by atoms with E-state index < -0.39 is 24.4 Å². The molecule has 1 aliphatic heterocycles. The first-order valence-electron chi connectivity index (χ1n) is 9.90. The summed E-state index contributed by atoms with van der Waals surface area (Å²) in [7, 11) is 0. The minimum Gasteiger partial charge on any atom is -0.352 e. The fourth-order valence-electron chi connectivity index (χ4n) is 6.27. The molecule has 27 heavy (non-hydrogen) atoms. The Balaban J connectivity index is 1.40. The van der Waals surface area contributed by atoms with Gasteiger partial charge in [-0.2, -0.15) is 0 Å². The molecule has 5 fully saturated rings. The zero-order chi connectivity index (χ0) is 19.3. The highest BCUT2D eigenvalue weighted by atomic mass is 16.2. The average Bonchev–Trinajstić information content (AvgIpc) is 2.79. The molecule has 146 valence electrons. The van der Waals surface area contributed by atoms with Crippen LogP contribution in [-0.4, -0.2) is 52.7 Å². The minimum atomic E-state index is -0.945. The monoisotopic (exact) mass is 373 g/mol. The predicted molar refractivity (Wildman–Crippen MR) is 97.2 cm³/mol.